The zero-order chi connectivity index (χ0) is 32.5. The number of thioether (sulfide) groups is 1. The number of nitrogens with zero attached hydrogens (tertiary/aromatic N) is 1. The molecule has 1 aromatic heterocycles. The topological polar surface area (TPSA) is 144 Å². The number of carbonyl (C=O) groups excluding carboxylic acids is 4. The summed E-state index contributed by atoms with van der Waals surface area (Å²) in [6.45, 7) is 1.55. The third-order valence-corrected chi connectivity index (χ3v) is 9.90. The van der Waals surface area contributed by atoms with Crippen molar-refractivity contribution in [3.8, 4) is 11.5 Å². The summed E-state index contributed by atoms with van der Waals surface area (Å²) in [6.07, 6.45) is 0. The number of benzene rings is 3. The number of aromatic amines is 1. The lowest BCUT2D eigenvalue weighted by Crippen LogP contribution is -2.32. The maximum atomic E-state index is 14.0. The average molecular weight is 664 g/mol. The second-order valence-electron chi connectivity index (χ2n) is 10.3. The Morgan fingerprint density at radius 2 is 1.72 bits per heavy atom. The third kappa shape index (κ3) is 5.88. The van der Waals surface area contributed by atoms with Crippen molar-refractivity contribution in [3.63, 3.8) is 0 Å². The molecule has 14 heteroatoms. The van der Waals surface area contributed by atoms with Gasteiger partial charge in [-0.1, -0.05) is 29.2 Å². The number of thiazole rings is 1. The highest BCUT2D eigenvalue weighted by Crippen LogP contribution is 2.53. The summed E-state index contributed by atoms with van der Waals surface area (Å²) in [5.41, 5.74) is 1.61. The fraction of sp³-hybridized carbons (Fsp3) is 0.219. The molecule has 4 aromatic rings. The summed E-state index contributed by atoms with van der Waals surface area (Å²) >= 11 is 2.12. The molecular formula is C32H26FN3O8S2. The molecule has 0 saturated carbocycles. The number of nitrogens with one attached hydrogen (secondary N) is 2. The van der Waals surface area contributed by atoms with Crippen LogP contribution in [0.1, 0.15) is 33.6 Å². The van der Waals surface area contributed by atoms with Gasteiger partial charge in [-0.2, -0.15) is 0 Å². The van der Waals surface area contributed by atoms with Crippen molar-refractivity contribution < 1.29 is 37.8 Å². The standard InChI is InChI=1S/C32H26FN3O8S2/c1-3-43-31(40)16-4-11-20(12-5-16)36-29(38)25-24(26-28(35-32(41)46-26)45-27(25)30(36)39)17-6-13-21(22(14-17)42-2)44-15-23(37)34-19-9-7-18(33)8-10-19/h4-14,24-25,27H,3,15H2,1-2H3,(H,34,37)(H,35,41)/t24-,25?,27?/m1/s1. The number of esters is 1. The van der Waals surface area contributed by atoms with Crippen LogP contribution in [0.5, 0.6) is 11.5 Å². The van der Waals surface area contributed by atoms with Crippen molar-refractivity contribution in [2.75, 3.05) is 30.5 Å². The number of amides is 3. The zero-order valence-corrected chi connectivity index (χ0v) is 26.0. The molecule has 0 aliphatic carbocycles. The Hall–Kier alpha value is -4.95. The van der Waals surface area contributed by atoms with Crippen LogP contribution in [0.15, 0.2) is 76.6 Å². The Balaban J connectivity index is 1.27. The molecule has 2 aliphatic heterocycles. The maximum Gasteiger partial charge on any atom is 0.338 e. The number of aromatic nitrogens is 1. The highest BCUT2D eigenvalue weighted by molar-refractivity contribution is 8.00. The van der Waals surface area contributed by atoms with E-state index in [1.54, 1.807) is 25.1 Å². The summed E-state index contributed by atoms with van der Waals surface area (Å²) in [4.78, 5) is 69.0. The molecule has 0 radical (unpaired) electrons. The van der Waals surface area contributed by atoms with Crippen molar-refractivity contribution in [2.24, 2.45) is 5.92 Å². The molecule has 0 bridgehead atoms. The van der Waals surface area contributed by atoms with E-state index in [1.807, 2.05) is 0 Å². The van der Waals surface area contributed by atoms with Gasteiger partial charge < -0.3 is 24.5 Å². The van der Waals surface area contributed by atoms with Crippen LogP contribution < -0.4 is 24.6 Å². The van der Waals surface area contributed by atoms with Crippen LogP contribution in [0.4, 0.5) is 15.8 Å². The Morgan fingerprint density at radius 3 is 2.41 bits per heavy atom. The minimum atomic E-state index is -0.848. The Kier molecular flexibility index (Phi) is 8.65. The molecule has 3 atom stereocenters. The molecule has 46 heavy (non-hydrogen) atoms. The van der Waals surface area contributed by atoms with E-state index in [9.17, 15) is 28.4 Å². The largest absolute Gasteiger partial charge is 0.493 e. The van der Waals surface area contributed by atoms with Gasteiger partial charge in [-0.25, -0.2) is 14.1 Å². The number of imide groups is 1. The lowest BCUT2D eigenvalue weighted by atomic mass is 9.83. The van der Waals surface area contributed by atoms with E-state index >= 15 is 0 Å². The van der Waals surface area contributed by atoms with E-state index in [0.717, 1.165) is 28.0 Å². The average Bonchev–Trinajstić information content (AvgIpc) is 3.55. The van der Waals surface area contributed by atoms with E-state index in [4.69, 9.17) is 14.2 Å². The summed E-state index contributed by atoms with van der Waals surface area (Å²) < 4.78 is 29.5. The number of methoxy groups -OCH3 is 1. The van der Waals surface area contributed by atoms with Gasteiger partial charge in [0.05, 0.1) is 35.9 Å². The van der Waals surface area contributed by atoms with Crippen LogP contribution in [0, 0.1) is 11.7 Å². The molecule has 11 nitrogen and oxygen atoms in total. The highest BCUT2D eigenvalue weighted by Gasteiger charge is 2.56. The molecule has 0 spiro atoms. The van der Waals surface area contributed by atoms with Crippen molar-refractivity contribution >= 4 is 58.2 Å². The first-order valence-electron chi connectivity index (χ1n) is 14.1. The number of ether oxygens (including phenoxy) is 3. The van der Waals surface area contributed by atoms with Crippen molar-refractivity contribution in [3.05, 3.63) is 98.2 Å². The van der Waals surface area contributed by atoms with Crippen LogP contribution in [0.3, 0.4) is 0 Å². The summed E-state index contributed by atoms with van der Waals surface area (Å²) in [5, 5.41) is 2.31. The van der Waals surface area contributed by atoms with E-state index in [2.05, 4.69) is 10.3 Å². The van der Waals surface area contributed by atoms with Crippen molar-refractivity contribution in [1.29, 1.82) is 0 Å². The van der Waals surface area contributed by atoms with Gasteiger partial charge in [0.2, 0.25) is 11.8 Å². The number of rotatable bonds is 9. The van der Waals surface area contributed by atoms with E-state index in [0.29, 0.717) is 26.8 Å². The number of fused-ring (bicyclic) bond motifs is 2. The lowest BCUT2D eigenvalue weighted by molar-refractivity contribution is -0.122. The first kappa shape index (κ1) is 31.0. The van der Waals surface area contributed by atoms with E-state index in [-0.39, 0.29) is 35.1 Å². The summed E-state index contributed by atoms with van der Waals surface area (Å²) in [5.74, 6) is -3.30. The fourth-order valence-corrected chi connectivity index (χ4v) is 7.98. The number of anilines is 2. The van der Waals surface area contributed by atoms with Crippen LogP contribution in [-0.2, 0) is 19.1 Å². The van der Waals surface area contributed by atoms with Gasteiger partial charge in [0.25, 0.3) is 5.91 Å². The molecule has 2 unspecified atom stereocenters. The molecular weight excluding hydrogens is 637 g/mol. The van der Waals surface area contributed by atoms with Crippen LogP contribution in [0.2, 0.25) is 0 Å². The van der Waals surface area contributed by atoms with Crippen LogP contribution in [-0.4, -0.2) is 54.2 Å². The van der Waals surface area contributed by atoms with Gasteiger partial charge in [-0.3, -0.25) is 19.2 Å². The Bertz CT molecular complexity index is 1890. The summed E-state index contributed by atoms with van der Waals surface area (Å²) in [6, 6.07) is 16.3. The van der Waals surface area contributed by atoms with Gasteiger partial charge >= 0.3 is 10.8 Å². The molecule has 3 amide bonds. The molecule has 6 rings (SSSR count). The quantitative estimate of drug-likeness (QED) is 0.194. The highest BCUT2D eigenvalue weighted by atomic mass is 32.2. The third-order valence-electron chi connectivity index (χ3n) is 7.49. The van der Waals surface area contributed by atoms with E-state index < -0.39 is 46.6 Å². The molecule has 2 aliphatic rings. The predicted molar refractivity (Wildman–Crippen MR) is 168 cm³/mol. The monoisotopic (exact) mass is 663 g/mol. The normalized spacial score (nSPS) is 18.5. The van der Waals surface area contributed by atoms with Gasteiger partial charge in [0, 0.05) is 16.5 Å². The minimum Gasteiger partial charge on any atom is -0.493 e. The Morgan fingerprint density at radius 1 is 0.978 bits per heavy atom. The molecule has 1 fully saturated rings. The number of hydrogen-bond donors (Lipinski definition) is 2. The SMILES string of the molecule is CCOC(=O)c1ccc(N2C(=O)C3Sc4[nH]c(=O)sc4[C@H](c4ccc(OCC(=O)Nc5ccc(F)cc5)c(OC)c4)C3C2=O)cc1. The number of halogens is 1. The van der Waals surface area contributed by atoms with E-state index in [1.165, 1.54) is 55.6 Å². The fourth-order valence-electron chi connectivity index (χ4n) is 5.46. The molecule has 2 N–H and O–H groups in total. The number of carbonyl (C=O) groups is 4. The van der Waals surface area contributed by atoms with Crippen molar-refractivity contribution in [1.82, 2.24) is 4.98 Å². The second-order valence-corrected chi connectivity index (χ2v) is 12.4. The molecule has 236 valence electrons. The molecule has 3 heterocycles. The van der Waals surface area contributed by atoms with Gasteiger partial charge in [-0.15, -0.1) is 0 Å². The maximum absolute atomic E-state index is 14.0. The van der Waals surface area contributed by atoms with Gasteiger partial charge in [0.15, 0.2) is 18.1 Å². The number of hydrogen-bond acceptors (Lipinski definition) is 10. The molecule has 3 aromatic carbocycles. The first-order chi connectivity index (χ1) is 22.2. The van der Waals surface area contributed by atoms with Crippen LogP contribution >= 0.6 is 23.1 Å². The zero-order valence-electron chi connectivity index (χ0n) is 24.4. The summed E-state index contributed by atoms with van der Waals surface area (Å²) in [7, 11) is 1.43. The predicted octanol–water partition coefficient (Wildman–Crippen LogP) is 4.57. The second kappa shape index (κ2) is 12.8. The van der Waals surface area contributed by atoms with Crippen LogP contribution in [0.25, 0.3) is 0 Å². The first-order valence-corrected chi connectivity index (χ1v) is 15.8. The number of H-pyrrole nitrogens is 1. The lowest BCUT2D eigenvalue weighted by Gasteiger charge is -2.30. The van der Waals surface area contributed by atoms with Gasteiger partial charge in [0.1, 0.15) is 11.1 Å². The smallest absolute Gasteiger partial charge is 0.338 e. The molecule has 1 saturated heterocycles. The Labute approximate surface area is 269 Å². The van der Waals surface area contributed by atoms with Gasteiger partial charge in [-0.05, 0) is 73.2 Å². The van der Waals surface area contributed by atoms with Crippen molar-refractivity contribution in [2.45, 2.75) is 23.1 Å². The minimum absolute atomic E-state index is 0.211.